The van der Waals surface area contributed by atoms with Crippen molar-refractivity contribution >= 4 is 22.7 Å². The van der Waals surface area contributed by atoms with Crippen LogP contribution in [0.15, 0.2) is 40.2 Å². The molecule has 0 bridgehead atoms. The van der Waals surface area contributed by atoms with E-state index in [4.69, 9.17) is 0 Å². The van der Waals surface area contributed by atoms with E-state index in [1.54, 1.807) is 0 Å². The zero-order valence-corrected chi connectivity index (χ0v) is 12.6. The van der Waals surface area contributed by atoms with E-state index in [1.165, 1.54) is 19.2 Å². The maximum Gasteiger partial charge on any atom is 0.416 e. The summed E-state index contributed by atoms with van der Waals surface area (Å²) in [4.78, 5) is 31.1. The Morgan fingerprint density at radius 1 is 1.16 bits per heavy atom. The van der Waals surface area contributed by atoms with Gasteiger partial charge in [-0.05, 0) is 18.2 Å². The minimum Gasteiger partial charge on any atom is -0.424 e. The van der Waals surface area contributed by atoms with E-state index >= 15 is 0 Å². The minimum absolute atomic E-state index is 0.0242. The van der Waals surface area contributed by atoms with E-state index in [2.05, 4.69) is 15.3 Å². The maximum atomic E-state index is 12.8. The SMILES string of the molecule is Cn1c(=O)c(=O)n(O)c2c(Nc3cccc(C(F)(F)F)c3)ncnc21. The molecule has 2 aromatic heterocycles. The monoisotopic (exact) mass is 353 g/mol. The molecule has 0 amide bonds. The van der Waals surface area contributed by atoms with Gasteiger partial charge >= 0.3 is 17.3 Å². The largest absolute Gasteiger partial charge is 0.424 e. The van der Waals surface area contributed by atoms with Crippen LogP contribution in [0.5, 0.6) is 0 Å². The lowest BCUT2D eigenvalue weighted by atomic mass is 10.2. The summed E-state index contributed by atoms with van der Waals surface area (Å²) < 4.78 is 39.4. The van der Waals surface area contributed by atoms with Crippen molar-refractivity contribution in [3.05, 3.63) is 56.9 Å². The van der Waals surface area contributed by atoms with E-state index in [1.807, 2.05) is 0 Å². The van der Waals surface area contributed by atoms with Gasteiger partial charge in [0, 0.05) is 12.7 Å². The molecule has 2 N–H and O–H groups in total. The first-order valence-electron chi connectivity index (χ1n) is 6.80. The molecule has 3 rings (SSSR count). The first kappa shape index (κ1) is 16.5. The fraction of sp³-hybridized carbons (Fsp3) is 0.143. The van der Waals surface area contributed by atoms with Crippen molar-refractivity contribution in [2.45, 2.75) is 6.18 Å². The molecule has 0 unspecified atom stereocenters. The predicted octanol–water partition coefficient (Wildman–Crippen LogP) is 1.49. The molecule has 0 fully saturated rings. The Hall–Kier alpha value is -3.37. The number of aryl methyl sites for hydroxylation is 1. The van der Waals surface area contributed by atoms with Crippen LogP contribution in [0.25, 0.3) is 11.2 Å². The van der Waals surface area contributed by atoms with Gasteiger partial charge in [-0.2, -0.15) is 13.2 Å². The molecule has 25 heavy (non-hydrogen) atoms. The topological polar surface area (TPSA) is 102 Å². The average molecular weight is 353 g/mol. The highest BCUT2D eigenvalue weighted by molar-refractivity contribution is 5.84. The van der Waals surface area contributed by atoms with Crippen molar-refractivity contribution in [3.8, 4) is 0 Å². The summed E-state index contributed by atoms with van der Waals surface area (Å²) in [6.45, 7) is 0. The number of halogens is 3. The van der Waals surface area contributed by atoms with Gasteiger partial charge in [-0.3, -0.25) is 14.2 Å². The zero-order valence-electron chi connectivity index (χ0n) is 12.6. The van der Waals surface area contributed by atoms with Crippen LogP contribution < -0.4 is 16.4 Å². The third-order valence-corrected chi connectivity index (χ3v) is 3.47. The second kappa shape index (κ2) is 5.61. The minimum atomic E-state index is -4.53. The number of fused-ring (bicyclic) bond motifs is 1. The Morgan fingerprint density at radius 3 is 2.56 bits per heavy atom. The van der Waals surface area contributed by atoms with E-state index in [-0.39, 0.29) is 27.4 Å². The Balaban J connectivity index is 2.18. The van der Waals surface area contributed by atoms with Crippen LogP contribution in [0, 0.1) is 0 Å². The maximum absolute atomic E-state index is 12.8. The summed E-state index contributed by atoms with van der Waals surface area (Å²) in [6.07, 6.45) is -3.49. The van der Waals surface area contributed by atoms with Gasteiger partial charge in [-0.25, -0.2) is 9.97 Å². The molecule has 0 atom stereocenters. The Bertz CT molecular complexity index is 1090. The highest BCUT2D eigenvalue weighted by Gasteiger charge is 2.30. The van der Waals surface area contributed by atoms with E-state index in [9.17, 15) is 28.0 Å². The summed E-state index contributed by atoms with van der Waals surface area (Å²) >= 11 is 0. The molecular weight excluding hydrogens is 343 g/mol. The van der Waals surface area contributed by atoms with E-state index in [0.717, 1.165) is 23.0 Å². The normalized spacial score (nSPS) is 11.7. The van der Waals surface area contributed by atoms with Gasteiger partial charge in [0.1, 0.15) is 6.33 Å². The lowest BCUT2D eigenvalue weighted by molar-refractivity contribution is -0.137. The highest BCUT2D eigenvalue weighted by Crippen LogP contribution is 2.31. The number of nitrogens with zero attached hydrogens (tertiary/aromatic N) is 4. The van der Waals surface area contributed by atoms with Crippen LogP contribution in [0.4, 0.5) is 24.7 Å². The molecule has 8 nitrogen and oxygen atoms in total. The van der Waals surface area contributed by atoms with Crippen LogP contribution in [0.1, 0.15) is 5.56 Å². The van der Waals surface area contributed by atoms with Crippen molar-refractivity contribution in [2.75, 3.05) is 5.32 Å². The van der Waals surface area contributed by atoms with Gasteiger partial charge in [-0.1, -0.05) is 6.07 Å². The second-order valence-electron chi connectivity index (χ2n) is 5.08. The Labute approximate surface area is 136 Å². The van der Waals surface area contributed by atoms with Crippen molar-refractivity contribution < 1.29 is 18.4 Å². The van der Waals surface area contributed by atoms with E-state index < -0.39 is 22.9 Å². The van der Waals surface area contributed by atoms with Crippen molar-refractivity contribution in [2.24, 2.45) is 7.05 Å². The molecule has 11 heteroatoms. The number of benzene rings is 1. The number of alkyl halides is 3. The highest BCUT2D eigenvalue weighted by atomic mass is 19.4. The average Bonchev–Trinajstić information content (AvgIpc) is 2.57. The fourth-order valence-corrected chi connectivity index (χ4v) is 2.24. The fourth-order valence-electron chi connectivity index (χ4n) is 2.24. The molecule has 130 valence electrons. The van der Waals surface area contributed by atoms with Gasteiger partial charge in [0.25, 0.3) is 0 Å². The first-order valence-corrected chi connectivity index (χ1v) is 6.80. The quantitative estimate of drug-likeness (QED) is 0.535. The molecule has 0 radical (unpaired) electrons. The van der Waals surface area contributed by atoms with Gasteiger partial charge in [-0.15, -0.1) is 4.73 Å². The molecule has 0 aliphatic carbocycles. The van der Waals surface area contributed by atoms with Crippen molar-refractivity contribution in [1.29, 1.82) is 0 Å². The number of hydrogen-bond acceptors (Lipinski definition) is 6. The Kier molecular flexibility index (Phi) is 3.70. The van der Waals surface area contributed by atoms with Crippen LogP contribution in [-0.2, 0) is 13.2 Å². The van der Waals surface area contributed by atoms with E-state index in [0.29, 0.717) is 0 Å². The van der Waals surface area contributed by atoms with Gasteiger partial charge in [0.05, 0.1) is 5.56 Å². The van der Waals surface area contributed by atoms with Crippen LogP contribution in [0.3, 0.4) is 0 Å². The number of hydrogen-bond donors (Lipinski definition) is 2. The molecule has 3 aromatic rings. The van der Waals surface area contributed by atoms with Crippen LogP contribution in [0.2, 0.25) is 0 Å². The molecule has 1 aromatic carbocycles. The van der Waals surface area contributed by atoms with Gasteiger partial charge in [0.2, 0.25) is 0 Å². The summed E-state index contributed by atoms with van der Waals surface area (Å²) in [5.41, 5.74) is -3.43. The third kappa shape index (κ3) is 2.79. The lowest BCUT2D eigenvalue weighted by Gasteiger charge is -2.13. The summed E-state index contributed by atoms with van der Waals surface area (Å²) in [6, 6.07) is 4.28. The molecule has 0 aliphatic heterocycles. The number of rotatable bonds is 2. The van der Waals surface area contributed by atoms with Crippen molar-refractivity contribution in [1.82, 2.24) is 19.3 Å². The number of nitrogens with one attached hydrogen (secondary N) is 1. The molecule has 0 aliphatic rings. The molecule has 0 saturated heterocycles. The number of anilines is 2. The Morgan fingerprint density at radius 2 is 1.88 bits per heavy atom. The van der Waals surface area contributed by atoms with Gasteiger partial charge < -0.3 is 10.5 Å². The molecule has 2 heterocycles. The van der Waals surface area contributed by atoms with Gasteiger partial charge in [0.15, 0.2) is 17.0 Å². The summed E-state index contributed by atoms with van der Waals surface area (Å²) in [5, 5.41) is 12.5. The van der Waals surface area contributed by atoms with Crippen LogP contribution >= 0.6 is 0 Å². The summed E-state index contributed by atoms with van der Waals surface area (Å²) in [7, 11) is 1.27. The lowest BCUT2D eigenvalue weighted by Crippen LogP contribution is -2.40. The van der Waals surface area contributed by atoms with Crippen molar-refractivity contribution in [3.63, 3.8) is 0 Å². The standard InChI is InChI=1S/C14H10F3N5O3/c1-21-11-9(22(25)13(24)12(21)23)10(18-6-19-11)20-8-4-2-3-7(5-8)14(15,16)17/h2-6,25H,1H3,(H,18,19,20). The zero-order chi connectivity index (χ0) is 18.4. The molecular formula is C14H10F3N5O3. The predicted molar refractivity (Wildman–Crippen MR) is 81.0 cm³/mol. The third-order valence-electron chi connectivity index (χ3n) is 3.47. The molecule has 0 saturated carbocycles. The first-order chi connectivity index (χ1) is 11.7. The smallest absolute Gasteiger partial charge is 0.416 e. The summed E-state index contributed by atoms with van der Waals surface area (Å²) in [5.74, 6) is -0.139. The second-order valence-corrected chi connectivity index (χ2v) is 5.08. The number of aromatic nitrogens is 4. The molecule has 0 spiro atoms. The van der Waals surface area contributed by atoms with Crippen LogP contribution in [-0.4, -0.2) is 24.5 Å².